The summed E-state index contributed by atoms with van der Waals surface area (Å²) in [5.74, 6) is -0.890. The normalized spacial score (nSPS) is 10.7. The molecule has 7 nitrogen and oxygen atoms in total. The van der Waals surface area contributed by atoms with Crippen LogP contribution < -0.4 is 4.74 Å². The molecule has 0 aliphatic heterocycles. The molecule has 0 unspecified atom stereocenters. The van der Waals surface area contributed by atoms with Crippen LogP contribution in [0.15, 0.2) is 77.9 Å². The molecule has 0 bridgehead atoms. The van der Waals surface area contributed by atoms with Gasteiger partial charge in [-0.25, -0.2) is 9.80 Å². The van der Waals surface area contributed by atoms with Crippen LogP contribution >= 0.6 is 0 Å². The Bertz CT molecular complexity index is 1080. The highest BCUT2D eigenvalue weighted by atomic mass is 16.5. The number of nitrogens with zero attached hydrogens (tertiary/aromatic N) is 2. The Morgan fingerprint density at radius 3 is 2.32 bits per heavy atom. The fourth-order valence-corrected chi connectivity index (χ4v) is 2.88. The van der Waals surface area contributed by atoms with Gasteiger partial charge < -0.3 is 14.9 Å². The minimum Gasteiger partial charge on any atom is -0.507 e. The van der Waals surface area contributed by atoms with Crippen LogP contribution in [0.1, 0.15) is 27.0 Å². The maximum absolute atomic E-state index is 12.9. The zero-order valence-corrected chi connectivity index (χ0v) is 16.9. The van der Waals surface area contributed by atoms with Crippen LogP contribution in [0, 0.1) is 0 Å². The van der Waals surface area contributed by atoms with E-state index in [2.05, 4.69) is 5.10 Å². The third-order valence-corrected chi connectivity index (χ3v) is 4.59. The predicted octanol–water partition coefficient (Wildman–Crippen LogP) is 3.70. The van der Waals surface area contributed by atoms with Gasteiger partial charge in [-0.2, -0.15) is 5.10 Å². The number of aromatic carboxylic acids is 1. The first-order valence-electron chi connectivity index (χ1n) is 9.54. The molecule has 0 aromatic heterocycles. The van der Waals surface area contributed by atoms with Gasteiger partial charge in [-0.3, -0.25) is 4.79 Å². The van der Waals surface area contributed by atoms with Gasteiger partial charge >= 0.3 is 5.97 Å². The molecule has 0 heterocycles. The maximum Gasteiger partial charge on any atom is 0.335 e. The van der Waals surface area contributed by atoms with E-state index in [0.29, 0.717) is 11.3 Å². The van der Waals surface area contributed by atoms with E-state index in [1.165, 1.54) is 23.4 Å². The summed E-state index contributed by atoms with van der Waals surface area (Å²) in [5.41, 5.74) is 1.98. The van der Waals surface area contributed by atoms with Crippen molar-refractivity contribution in [3.63, 3.8) is 0 Å². The van der Waals surface area contributed by atoms with Crippen molar-refractivity contribution >= 4 is 18.1 Å². The monoisotopic (exact) mass is 418 g/mol. The van der Waals surface area contributed by atoms with Crippen molar-refractivity contribution in [1.29, 1.82) is 0 Å². The van der Waals surface area contributed by atoms with Crippen LogP contribution in [-0.4, -0.2) is 40.4 Å². The molecule has 0 saturated carbocycles. The van der Waals surface area contributed by atoms with Crippen molar-refractivity contribution in [2.75, 3.05) is 7.11 Å². The molecule has 0 aliphatic rings. The number of carboxylic acid groups (broad SMARTS) is 1. The molecule has 0 atom stereocenters. The SMILES string of the molecule is COc1ccc(CN(/N=C/c2ccc(C(=O)O)cc2O)C(=O)Cc2ccccc2)cc1. The number of ether oxygens (including phenoxy) is 1. The van der Waals surface area contributed by atoms with Crippen molar-refractivity contribution in [2.45, 2.75) is 13.0 Å². The number of carbonyl (C=O) groups is 2. The van der Waals surface area contributed by atoms with E-state index in [1.807, 2.05) is 42.5 Å². The molecule has 3 aromatic rings. The average molecular weight is 418 g/mol. The first kappa shape index (κ1) is 21.6. The summed E-state index contributed by atoms with van der Waals surface area (Å²) >= 11 is 0. The van der Waals surface area contributed by atoms with E-state index in [-0.39, 0.29) is 30.2 Å². The van der Waals surface area contributed by atoms with Crippen molar-refractivity contribution in [3.05, 3.63) is 95.1 Å². The molecular formula is C24H22N2O5. The first-order valence-corrected chi connectivity index (χ1v) is 9.54. The Labute approximate surface area is 179 Å². The summed E-state index contributed by atoms with van der Waals surface area (Å²) in [6.45, 7) is 0.222. The number of carboxylic acids is 1. The van der Waals surface area contributed by atoms with Crippen LogP contribution in [0.5, 0.6) is 11.5 Å². The fourth-order valence-electron chi connectivity index (χ4n) is 2.88. The molecule has 31 heavy (non-hydrogen) atoms. The summed E-state index contributed by atoms with van der Waals surface area (Å²) in [6, 6.07) is 20.6. The van der Waals surface area contributed by atoms with Crippen molar-refractivity contribution < 1.29 is 24.5 Å². The Balaban J connectivity index is 1.84. The Kier molecular flexibility index (Phi) is 7.01. The minimum atomic E-state index is -1.14. The number of hydrogen-bond donors (Lipinski definition) is 2. The van der Waals surface area contributed by atoms with Crippen molar-refractivity contribution in [1.82, 2.24) is 5.01 Å². The predicted molar refractivity (Wildman–Crippen MR) is 116 cm³/mol. The summed E-state index contributed by atoms with van der Waals surface area (Å²) in [7, 11) is 1.58. The molecule has 0 aliphatic carbocycles. The van der Waals surface area contributed by atoms with Crippen LogP contribution in [0.2, 0.25) is 0 Å². The number of amides is 1. The van der Waals surface area contributed by atoms with Crippen molar-refractivity contribution in [3.8, 4) is 11.5 Å². The number of methoxy groups -OCH3 is 1. The zero-order valence-electron chi connectivity index (χ0n) is 16.9. The standard InChI is InChI=1S/C24H22N2O5/c1-31-21-11-7-18(8-12-21)16-26(23(28)13-17-5-3-2-4-6-17)25-15-20-10-9-19(24(29)30)14-22(20)27/h2-12,14-15,27H,13,16H2,1H3,(H,29,30)/b25-15+. The van der Waals surface area contributed by atoms with Gasteiger partial charge in [0.25, 0.3) is 0 Å². The number of phenols is 1. The molecular weight excluding hydrogens is 396 g/mol. The third-order valence-electron chi connectivity index (χ3n) is 4.59. The largest absolute Gasteiger partial charge is 0.507 e. The van der Waals surface area contributed by atoms with Gasteiger partial charge in [0, 0.05) is 5.56 Å². The summed E-state index contributed by atoms with van der Waals surface area (Å²) in [6.07, 6.45) is 1.51. The van der Waals surface area contributed by atoms with E-state index in [1.54, 1.807) is 19.2 Å². The summed E-state index contributed by atoms with van der Waals surface area (Å²) < 4.78 is 5.17. The second kappa shape index (κ2) is 10.1. The number of benzene rings is 3. The Morgan fingerprint density at radius 2 is 1.71 bits per heavy atom. The van der Waals surface area contributed by atoms with E-state index in [0.717, 1.165) is 17.2 Å². The van der Waals surface area contributed by atoms with Crippen LogP contribution in [0.25, 0.3) is 0 Å². The van der Waals surface area contributed by atoms with Crippen LogP contribution in [0.4, 0.5) is 0 Å². The van der Waals surface area contributed by atoms with Crippen molar-refractivity contribution in [2.24, 2.45) is 5.10 Å². The van der Waals surface area contributed by atoms with Gasteiger partial charge in [0.2, 0.25) is 5.91 Å². The highest BCUT2D eigenvalue weighted by Gasteiger charge is 2.15. The van der Waals surface area contributed by atoms with E-state index < -0.39 is 5.97 Å². The van der Waals surface area contributed by atoms with Gasteiger partial charge in [-0.15, -0.1) is 0 Å². The zero-order chi connectivity index (χ0) is 22.2. The van der Waals surface area contributed by atoms with Gasteiger partial charge in [0.15, 0.2) is 0 Å². The Hall–Kier alpha value is -4.13. The quantitative estimate of drug-likeness (QED) is 0.429. The van der Waals surface area contributed by atoms with E-state index in [9.17, 15) is 14.7 Å². The van der Waals surface area contributed by atoms with Crippen LogP contribution in [0.3, 0.4) is 0 Å². The topological polar surface area (TPSA) is 99.4 Å². The Morgan fingerprint density at radius 1 is 1.00 bits per heavy atom. The second-order valence-electron chi connectivity index (χ2n) is 6.79. The van der Waals surface area contributed by atoms with E-state index >= 15 is 0 Å². The van der Waals surface area contributed by atoms with Gasteiger partial charge in [0.1, 0.15) is 11.5 Å². The molecule has 0 fully saturated rings. The number of phenolic OH excluding ortho intramolecular Hbond substituents is 1. The molecule has 2 N–H and O–H groups in total. The molecule has 7 heteroatoms. The lowest BCUT2D eigenvalue weighted by Crippen LogP contribution is -2.27. The summed E-state index contributed by atoms with van der Waals surface area (Å²) in [5, 5.41) is 24.7. The minimum absolute atomic E-state index is 0.0371. The molecule has 158 valence electrons. The van der Waals surface area contributed by atoms with Gasteiger partial charge in [0.05, 0.1) is 31.9 Å². The maximum atomic E-state index is 12.9. The first-order chi connectivity index (χ1) is 15.0. The number of carbonyl (C=O) groups excluding carboxylic acids is 1. The second-order valence-corrected chi connectivity index (χ2v) is 6.79. The lowest BCUT2D eigenvalue weighted by Gasteiger charge is -2.18. The molecule has 1 amide bonds. The fraction of sp³-hybridized carbons (Fsp3) is 0.125. The lowest BCUT2D eigenvalue weighted by atomic mass is 10.1. The third kappa shape index (κ3) is 5.93. The molecule has 0 radical (unpaired) electrons. The molecule has 3 rings (SSSR count). The number of aromatic hydroxyl groups is 1. The highest BCUT2D eigenvalue weighted by Crippen LogP contribution is 2.18. The summed E-state index contributed by atoms with van der Waals surface area (Å²) in [4.78, 5) is 24.0. The van der Waals surface area contributed by atoms with Gasteiger partial charge in [-0.05, 0) is 41.5 Å². The molecule has 3 aromatic carbocycles. The van der Waals surface area contributed by atoms with E-state index in [4.69, 9.17) is 9.84 Å². The van der Waals surface area contributed by atoms with Gasteiger partial charge in [-0.1, -0.05) is 42.5 Å². The smallest absolute Gasteiger partial charge is 0.335 e. The highest BCUT2D eigenvalue weighted by molar-refractivity contribution is 5.91. The van der Waals surface area contributed by atoms with Crippen LogP contribution in [-0.2, 0) is 17.8 Å². The molecule has 0 saturated heterocycles. The average Bonchev–Trinajstić information content (AvgIpc) is 2.78. The number of rotatable bonds is 8. The number of hydrogen-bond acceptors (Lipinski definition) is 5. The lowest BCUT2D eigenvalue weighted by molar-refractivity contribution is -0.131. The number of hydrazone groups is 1. The molecule has 0 spiro atoms.